The molecule has 1 aliphatic heterocycles. The second kappa shape index (κ2) is 6.73. The Morgan fingerprint density at radius 2 is 1.76 bits per heavy atom. The molecule has 25 heavy (non-hydrogen) atoms. The third-order valence-electron chi connectivity index (χ3n) is 4.17. The van der Waals surface area contributed by atoms with Crippen LogP contribution in [-0.2, 0) is 17.4 Å². The van der Waals surface area contributed by atoms with E-state index >= 15 is 0 Å². The van der Waals surface area contributed by atoms with Crippen LogP contribution < -0.4 is 4.90 Å². The quantitative estimate of drug-likeness (QED) is 0.860. The molecule has 134 valence electrons. The molecule has 0 unspecified atom stereocenters. The third-order valence-corrected chi connectivity index (χ3v) is 4.17. The van der Waals surface area contributed by atoms with E-state index in [-0.39, 0.29) is 23.7 Å². The van der Waals surface area contributed by atoms with E-state index in [9.17, 15) is 22.4 Å². The van der Waals surface area contributed by atoms with Gasteiger partial charge in [0.15, 0.2) is 0 Å². The van der Waals surface area contributed by atoms with Crippen LogP contribution in [0.15, 0.2) is 30.5 Å². The summed E-state index contributed by atoms with van der Waals surface area (Å²) in [5.74, 6) is -0.691. The van der Waals surface area contributed by atoms with Crippen molar-refractivity contribution < 1.29 is 22.4 Å². The summed E-state index contributed by atoms with van der Waals surface area (Å²) in [5, 5.41) is 5.29. The highest BCUT2D eigenvalue weighted by Gasteiger charge is 2.36. The van der Waals surface area contributed by atoms with Gasteiger partial charge in [-0.05, 0) is 24.3 Å². The second-order valence-corrected chi connectivity index (χ2v) is 5.79. The second-order valence-electron chi connectivity index (χ2n) is 5.79. The Labute approximate surface area is 141 Å². The highest BCUT2D eigenvalue weighted by molar-refractivity contribution is 5.79. The summed E-state index contributed by atoms with van der Waals surface area (Å²) in [6.07, 6.45) is -3.87. The van der Waals surface area contributed by atoms with Crippen LogP contribution in [0, 0.1) is 5.82 Å². The van der Waals surface area contributed by atoms with Gasteiger partial charge in [0.2, 0.25) is 5.91 Å². The molecule has 1 aliphatic rings. The molecule has 3 rings (SSSR count). The Kier molecular flexibility index (Phi) is 4.65. The SMILES string of the molecule is O=C(Cc1cn[nH]c1C(F)(F)F)N1CCN(c2ccc(F)cc2)CC1. The van der Waals surface area contributed by atoms with E-state index in [1.54, 1.807) is 12.1 Å². The number of hydrogen-bond donors (Lipinski definition) is 1. The van der Waals surface area contributed by atoms with E-state index in [2.05, 4.69) is 5.10 Å². The smallest absolute Gasteiger partial charge is 0.368 e. The third kappa shape index (κ3) is 3.92. The molecule has 1 aromatic heterocycles. The maximum absolute atomic E-state index is 13.0. The molecule has 0 radical (unpaired) electrons. The maximum Gasteiger partial charge on any atom is 0.433 e. The first-order chi connectivity index (χ1) is 11.8. The minimum Gasteiger partial charge on any atom is -0.368 e. The van der Waals surface area contributed by atoms with Gasteiger partial charge in [-0.15, -0.1) is 0 Å². The van der Waals surface area contributed by atoms with Crippen molar-refractivity contribution in [3.8, 4) is 0 Å². The topological polar surface area (TPSA) is 52.2 Å². The monoisotopic (exact) mass is 356 g/mol. The molecule has 1 amide bonds. The Balaban J connectivity index is 1.59. The van der Waals surface area contributed by atoms with Crippen LogP contribution in [0.25, 0.3) is 0 Å². The molecule has 1 saturated heterocycles. The van der Waals surface area contributed by atoms with Crippen molar-refractivity contribution in [2.45, 2.75) is 12.6 Å². The minimum atomic E-state index is -4.56. The van der Waals surface area contributed by atoms with Crippen LogP contribution >= 0.6 is 0 Å². The van der Waals surface area contributed by atoms with Crippen LogP contribution in [0.4, 0.5) is 23.2 Å². The fourth-order valence-corrected chi connectivity index (χ4v) is 2.83. The lowest BCUT2D eigenvalue weighted by atomic mass is 10.1. The van der Waals surface area contributed by atoms with Gasteiger partial charge in [-0.25, -0.2) is 4.39 Å². The summed E-state index contributed by atoms with van der Waals surface area (Å²) in [6, 6.07) is 6.05. The Bertz CT molecular complexity index is 733. The van der Waals surface area contributed by atoms with Crippen molar-refractivity contribution in [3.63, 3.8) is 0 Å². The lowest BCUT2D eigenvalue weighted by molar-refractivity contribution is -0.142. The number of halogens is 4. The number of H-pyrrole nitrogens is 1. The Morgan fingerprint density at radius 1 is 1.12 bits per heavy atom. The summed E-state index contributed by atoms with van der Waals surface area (Å²) in [5.41, 5.74) is -0.285. The molecule has 0 bridgehead atoms. The van der Waals surface area contributed by atoms with Gasteiger partial charge < -0.3 is 9.80 Å². The molecular weight excluding hydrogens is 340 g/mol. The molecule has 1 N–H and O–H groups in total. The lowest BCUT2D eigenvalue weighted by Crippen LogP contribution is -2.49. The number of hydrogen-bond acceptors (Lipinski definition) is 3. The summed E-state index contributed by atoms with van der Waals surface area (Å²) >= 11 is 0. The molecule has 0 spiro atoms. The zero-order valence-corrected chi connectivity index (χ0v) is 13.2. The van der Waals surface area contributed by atoms with Crippen molar-refractivity contribution in [1.82, 2.24) is 15.1 Å². The number of nitrogens with zero attached hydrogens (tertiary/aromatic N) is 3. The minimum absolute atomic E-state index is 0.154. The first kappa shape index (κ1) is 17.2. The van der Waals surface area contributed by atoms with E-state index in [0.29, 0.717) is 26.2 Å². The van der Waals surface area contributed by atoms with E-state index < -0.39 is 11.9 Å². The van der Waals surface area contributed by atoms with Crippen molar-refractivity contribution in [1.29, 1.82) is 0 Å². The standard InChI is InChI=1S/C16H16F4N4O/c17-12-1-3-13(4-2-12)23-5-7-24(8-6-23)14(25)9-11-10-21-22-15(11)16(18,19)20/h1-4,10H,5-9H2,(H,21,22). The summed E-state index contributed by atoms with van der Waals surface area (Å²) in [7, 11) is 0. The number of rotatable bonds is 3. The number of carbonyl (C=O) groups excluding carboxylic acids is 1. The van der Waals surface area contributed by atoms with Crippen molar-refractivity contribution >= 4 is 11.6 Å². The van der Waals surface area contributed by atoms with Gasteiger partial charge in [0, 0.05) is 37.4 Å². The van der Waals surface area contributed by atoms with Crippen LogP contribution in [0.1, 0.15) is 11.3 Å². The van der Waals surface area contributed by atoms with Crippen LogP contribution in [0.3, 0.4) is 0 Å². The van der Waals surface area contributed by atoms with Crippen molar-refractivity contribution in [3.05, 3.63) is 47.5 Å². The van der Waals surface area contributed by atoms with Crippen LogP contribution in [-0.4, -0.2) is 47.2 Å². The summed E-state index contributed by atoms with van der Waals surface area (Å²) in [4.78, 5) is 15.8. The van der Waals surface area contributed by atoms with Gasteiger partial charge in [-0.3, -0.25) is 9.89 Å². The van der Waals surface area contributed by atoms with E-state index in [1.165, 1.54) is 17.0 Å². The van der Waals surface area contributed by atoms with Gasteiger partial charge in [0.25, 0.3) is 0 Å². The highest BCUT2D eigenvalue weighted by Crippen LogP contribution is 2.30. The van der Waals surface area contributed by atoms with Gasteiger partial charge in [-0.1, -0.05) is 0 Å². The Hall–Kier alpha value is -2.58. The highest BCUT2D eigenvalue weighted by atomic mass is 19.4. The molecule has 2 heterocycles. The van der Waals surface area contributed by atoms with Crippen molar-refractivity contribution in [2.24, 2.45) is 0 Å². The predicted molar refractivity (Wildman–Crippen MR) is 82.5 cm³/mol. The number of nitrogens with one attached hydrogen (secondary N) is 1. The summed E-state index contributed by atoms with van der Waals surface area (Å²) < 4.78 is 51.4. The fraction of sp³-hybridized carbons (Fsp3) is 0.375. The van der Waals surface area contributed by atoms with Gasteiger partial charge in [-0.2, -0.15) is 18.3 Å². The van der Waals surface area contributed by atoms with Crippen LogP contribution in [0.2, 0.25) is 0 Å². The fourth-order valence-electron chi connectivity index (χ4n) is 2.83. The number of aromatic nitrogens is 2. The predicted octanol–water partition coefficient (Wildman–Crippen LogP) is 2.46. The average Bonchev–Trinajstić information content (AvgIpc) is 3.04. The zero-order valence-electron chi connectivity index (χ0n) is 13.2. The molecule has 5 nitrogen and oxygen atoms in total. The molecule has 1 fully saturated rings. The number of anilines is 1. The number of aromatic amines is 1. The number of piperazine rings is 1. The van der Waals surface area contributed by atoms with E-state index in [0.717, 1.165) is 11.9 Å². The number of carbonyl (C=O) groups is 1. The first-order valence-corrected chi connectivity index (χ1v) is 7.72. The number of alkyl halides is 3. The molecule has 1 aromatic carbocycles. The van der Waals surface area contributed by atoms with Gasteiger partial charge in [0.1, 0.15) is 11.5 Å². The molecular formula is C16H16F4N4O. The van der Waals surface area contributed by atoms with Gasteiger partial charge >= 0.3 is 6.18 Å². The number of amides is 1. The molecule has 0 atom stereocenters. The Morgan fingerprint density at radius 3 is 2.36 bits per heavy atom. The van der Waals surface area contributed by atoms with E-state index in [1.807, 2.05) is 10.00 Å². The molecule has 0 aliphatic carbocycles. The molecule has 0 saturated carbocycles. The average molecular weight is 356 g/mol. The molecule has 2 aromatic rings. The lowest BCUT2D eigenvalue weighted by Gasteiger charge is -2.36. The maximum atomic E-state index is 13.0. The van der Waals surface area contributed by atoms with Crippen molar-refractivity contribution in [2.75, 3.05) is 31.1 Å². The van der Waals surface area contributed by atoms with E-state index in [4.69, 9.17) is 0 Å². The largest absolute Gasteiger partial charge is 0.433 e. The zero-order chi connectivity index (χ0) is 18.0. The molecule has 9 heteroatoms. The normalized spacial score (nSPS) is 15.5. The summed E-state index contributed by atoms with van der Waals surface area (Å²) in [6.45, 7) is 1.87. The van der Waals surface area contributed by atoms with Crippen LogP contribution in [0.5, 0.6) is 0 Å². The number of benzene rings is 1. The first-order valence-electron chi connectivity index (χ1n) is 7.72. The van der Waals surface area contributed by atoms with Gasteiger partial charge in [0.05, 0.1) is 12.6 Å².